The summed E-state index contributed by atoms with van der Waals surface area (Å²) in [5.41, 5.74) is 2.16. The first-order valence-electron chi connectivity index (χ1n) is 7.35. The molecule has 20 heavy (non-hydrogen) atoms. The lowest BCUT2D eigenvalue weighted by atomic mass is 10.0. The highest BCUT2D eigenvalue weighted by Gasteiger charge is 2.31. The van der Waals surface area contributed by atoms with Gasteiger partial charge in [0.15, 0.2) is 0 Å². The van der Waals surface area contributed by atoms with Crippen molar-refractivity contribution in [2.24, 2.45) is 0 Å². The Hall–Kier alpha value is -1.74. The van der Waals surface area contributed by atoms with E-state index in [-0.39, 0.29) is 0 Å². The molecule has 2 aromatic rings. The number of aliphatic hydroxyl groups is 1. The number of furan rings is 1. The van der Waals surface area contributed by atoms with Crippen LogP contribution in [0.25, 0.3) is 0 Å². The molecule has 1 saturated carbocycles. The predicted molar refractivity (Wildman–Crippen MR) is 79.6 cm³/mol. The lowest BCUT2D eigenvalue weighted by molar-refractivity contribution is 0.174. The van der Waals surface area contributed by atoms with Gasteiger partial charge in [-0.05, 0) is 37.5 Å². The molecule has 1 atom stereocenters. The molecular formula is C17H21NO2. The number of benzene rings is 1. The summed E-state index contributed by atoms with van der Waals surface area (Å²) < 4.78 is 5.49. The number of hydrogen-bond acceptors (Lipinski definition) is 3. The first-order valence-corrected chi connectivity index (χ1v) is 7.35. The molecule has 1 fully saturated rings. The summed E-state index contributed by atoms with van der Waals surface area (Å²) in [7, 11) is 0. The van der Waals surface area contributed by atoms with E-state index in [0.29, 0.717) is 6.04 Å². The van der Waals surface area contributed by atoms with Crippen LogP contribution in [0.3, 0.4) is 0 Å². The molecule has 0 unspecified atom stereocenters. The molecule has 0 radical (unpaired) electrons. The van der Waals surface area contributed by atoms with Crippen molar-refractivity contribution in [3.05, 3.63) is 54.0 Å². The highest BCUT2D eigenvalue weighted by Crippen LogP contribution is 2.37. The fourth-order valence-corrected chi connectivity index (χ4v) is 2.62. The number of hydrogen-bond donors (Lipinski definition) is 1. The molecule has 1 aromatic carbocycles. The van der Waals surface area contributed by atoms with E-state index in [1.54, 1.807) is 6.26 Å². The summed E-state index contributed by atoms with van der Waals surface area (Å²) in [4.78, 5) is 2.37. The normalized spacial score (nSPS) is 16.1. The van der Waals surface area contributed by atoms with Crippen LogP contribution in [0.2, 0.25) is 0 Å². The second kappa shape index (κ2) is 5.71. The molecule has 1 N–H and O–H groups in total. The molecule has 1 heterocycles. The number of anilines is 1. The van der Waals surface area contributed by atoms with Crippen LogP contribution in [0, 0.1) is 0 Å². The standard InChI is InChI=1S/C17H21NO2/c1-2-17(19)15-7-3-4-8-16(15)18(13-9-10-13)12-14-6-5-11-20-14/h3-8,11,13,17,19H,2,9-10,12H2,1H3/t17-/m1/s1. The first-order chi connectivity index (χ1) is 9.79. The van der Waals surface area contributed by atoms with Crippen molar-refractivity contribution in [1.82, 2.24) is 0 Å². The molecule has 0 bridgehead atoms. The average molecular weight is 271 g/mol. The number of para-hydroxylation sites is 1. The zero-order valence-corrected chi connectivity index (χ0v) is 11.8. The Labute approximate surface area is 119 Å². The quantitative estimate of drug-likeness (QED) is 0.866. The Kier molecular flexibility index (Phi) is 3.79. The van der Waals surface area contributed by atoms with Gasteiger partial charge >= 0.3 is 0 Å². The summed E-state index contributed by atoms with van der Waals surface area (Å²) >= 11 is 0. The van der Waals surface area contributed by atoms with Crippen molar-refractivity contribution >= 4 is 5.69 Å². The van der Waals surface area contributed by atoms with Crippen molar-refractivity contribution in [2.45, 2.75) is 44.9 Å². The van der Waals surface area contributed by atoms with Gasteiger partial charge in [0.25, 0.3) is 0 Å². The van der Waals surface area contributed by atoms with Crippen LogP contribution < -0.4 is 4.90 Å². The van der Waals surface area contributed by atoms with Gasteiger partial charge in [0.2, 0.25) is 0 Å². The minimum Gasteiger partial charge on any atom is -0.467 e. The molecular weight excluding hydrogens is 250 g/mol. The predicted octanol–water partition coefficient (Wildman–Crippen LogP) is 3.89. The zero-order valence-electron chi connectivity index (χ0n) is 11.8. The van der Waals surface area contributed by atoms with Gasteiger partial charge in [-0.25, -0.2) is 0 Å². The van der Waals surface area contributed by atoms with E-state index in [0.717, 1.165) is 30.0 Å². The Balaban J connectivity index is 1.91. The van der Waals surface area contributed by atoms with E-state index in [4.69, 9.17) is 4.42 Å². The molecule has 3 rings (SSSR count). The smallest absolute Gasteiger partial charge is 0.123 e. The largest absolute Gasteiger partial charge is 0.467 e. The van der Waals surface area contributed by atoms with Gasteiger partial charge in [0, 0.05) is 17.3 Å². The van der Waals surface area contributed by atoms with E-state index in [1.807, 2.05) is 37.3 Å². The van der Waals surface area contributed by atoms with Gasteiger partial charge in [0.05, 0.1) is 18.9 Å². The van der Waals surface area contributed by atoms with Gasteiger partial charge in [-0.1, -0.05) is 25.1 Å². The third-order valence-electron chi connectivity index (χ3n) is 3.89. The molecule has 0 saturated heterocycles. The van der Waals surface area contributed by atoms with Crippen molar-refractivity contribution < 1.29 is 9.52 Å². The molecule has 106 valence electrons. The molecule has 0 amide bonds. The second-order valence-corrected chi connectivity index (χ2v) is 5.42. The van der Waals surface area contributed by atoms with E-state index in [1.165, 1.54) is 12.8 Å². The monoisotopic (exact) mass is 271 g/mol. The number of aliphatic hydroxyl groups excluding tert-OH is 1. The summed E-state index contributed by atoms with van der Waals surface area (Å²) in [5.74, 6) is 0.970. The van der Waals surface area contributed by atoms with Gasteiger partial charge in [-0.3, -0.25) is 0 Å². The number of nitrogens with zero attached hydrogens (tertiary/aromatic N) is 1. The molecule has 0 spiro atoms. The summed E-state index contributed by atoms with van der Waals surface area (Å²) in [6.07, 6.45) is 4.49. The van der Waals surface area contributed by atoms with Crippen molar-refractivity contribution in [3.63, 3.8) is 0 Å². The topological polar surface area (TPSA) is 36.6 Å². The lowest BCUT2D eigenvalue weighted by Gasteiger charge is -2.27. The minimum absolute atomic E-state index is 0.399. The minimum atomic E-state index is -0.399. The van der Waals surface area contributed by atoms with Crippen LogP contribution >= 0.6 is 0 Å². The summed E-state index contributed by atoms with van der Waals surface area (Å²) in [6, 6.07) is 12.7. The molecule has 1 aliphatic rings. The van der Waals surface area contributed by atoms with Crippen LogP contribution in [0.15, 0.2) is 47.1 Å². The fraction of sp³-hybridized carbons (Fsp3) is 0.412. The van der Waals surface area contributed by atoms with Crippen LogP contribution in [0.1, 0.15) is 43.6 Å². The Morgan fingerprint density at radius 2 is 2.05 bits per heavy atom. The van der Waals surface area contributed by atoms with E-state index < -0.39 is 6.10 Å². The Bertz CT molecular complexity index is 546. The van der Waals surface area contributed by atoms with Crippen molar-refractivity contribution in [2.75, 3.05) is 4.90 Å². The van der Waals surface area contributed by atoms with Gasteiger partial charge in [-0.15, -0.1) is 0 Å². The molecule has 3 nitrogen and oxygen atoms in total. The second-order valence-electron chi connectivity index (χ2n) is 5.42. The summed E-state index contributed by atoms with van der Waals surface area (Å²) in [6.45, 7) is 2.78. The third kappa shape index (κ3) is 2.73. The average Bonchev–Trinajstić information content (AvgIpc) is 3.20. The highest BCUT2D eigenvalue weighted by atomic mass is 16.3. The van der Waals surface area contributed by atoms with E-state index in [2.05, 4.69) is 11.0 Å². The molecule has 1 aromatic heterocycles. The van der Waals surface area contributed by atoms with E-state index in [9.17, 15) is 5.11 Å². The maximum absolute atomic E-state index is 10.2. The van der Waals surface area contributed by atoms with E-state index >= 15 is 0 Å². The summed E-state index contributed by atoms with van der Waals surface area (Å²) in [5, 5.41) is 10.2. The Morgan fingerprint density at radius 1 is 1.25 bits per heavy atom. The fourth-order valence-electron chi connectivity index (χ4n) is 2.62. The highest BCUT2D eigenvalue weighted by molar-refractivity contribution is 5.56. The van der Waals surface area contributed by atoms with Crippen LogP contribution in [0.4, 0.5) is 5.69 Å². The zero-order chi connectivity index (χ0) is 13.9. The van der Waals surface area contributed by atoms with Gasteiger partial charge in [0.1, 0.15) is 5.76 Å². The lowest BCUT2D eigenvalue weighted by Crippen LogP contribution is -2.26. The maximum Gasteiger partial charge on any atom is 0.123 e. The molecule has 3 heteroatoms. The molecule has 0 aliphatic heterocycles. The van der Waals surface area contributed by atoms with Gasteiger partial charge in [-0.2, -0.15) is 0 Å². The SMILES string of the molecule is CC[C@@H](O)c1ccccc1N(Cc1ccco1)C1CC1. The van der Waals surface area contributed by atoms with Crippen LogP contribution in [-0.4, -0.2) is 11.1 Å². The Morgan fingerprint density at radius 3 is 2.70 bits per heavy atom. The van der Waals surface area contributed by atoms with Crippen molar-refractivity contribution in [3.8, 4) is 0 Å². The number of rotatable bonds is 6. The van der Waals surface area contributed by atoms with Gasteiger partial charge < -0.3 is 14.4 Å². The maximum atomic E-state index is 10.2. The van der Waals surface area contributed by atoms with Crippen LogP contribution in [-0.2, 0) is 6.54 Å². The third-order valence-corrected chi connectivity index (χ3v) is 3.89. The van der Waals surface area contributed by atoms with Crippen molar-refractivity contribution in [1.29, 1.82) is 0 Å². The first kappa shape index (κ1) is 13.3. The molecule has 1 aliphatic carbocycles. The van der Waals surface area contributed by atoms with Crippen LogP contribution in [0.5, 0.6) is 0 Å².